The molecule has 1 aromatic rings. The monoisotopic (exact) mass is 290 g/mol. The fraction of sp³-hybridized carbons (Fsp3) is 0.571. The van der Waals surface area contributed by atoms with E-state index in [4.69, 9.17) is 0 Å². The lowest BCUT2D eigenvalue weighted by molar-refractivity contribution is 0.185. The maximum atomic E-state index is 3.41. The van der Waals surface area contributed by atoms with Crippen molar-refractivity contribution in [2.45, 2.75) is 26.8 Å². The van der Waals surface area contributed by atoms with Gasteiger partial charge in [-0.1, -0.05) is 18.2 Å². The van der Waals surface area contributed by atoms with Crippen molar-refractivity contribution < 1.29 is 0 Å². The molecule has 1 aliphatic rings. The number of piperazine rings is 1. The van der Waals surface area contributed by atoms with Crippen LogP contribution in [0.1, 0.15) is 29.7 Å². The van der Waals surface area contributed by atoms with Crippen LogP contribution in [-0.4, -0.2) is 31.1 Å². The van der Waals surface area contributed by atoms with Gasteiger partial charge in [-0.25, -0.2) is 0 Å². The predicted molar refractivity (Wildman–Crippen MR) is 83.3 cm³/mol. The van der Waals surface area contributed by atoms with Crippen molar-refractivity contribution in [1.82, 2.24) is 10.2 Å². The van der Waals surface area contributed by atoms with Gasteiger partial charge in [0.15, 0.2) is 0 Å². The molecule has 0 amide bonds. The fourth-order valence-electron chi connectivity index (χ4n) is 2.49. The van der Waals surface area contributed by atoms with Gasteiger partial charge in [0.2, 0.25) is 0 Å². The minimum Gasteiger partial charge on any atom is -0.314 e. The van der Waals surface area contributed by atoms with E-state index in [1.54, 1.807) is 0 Å². The van der Waals surface area contributed by atoms with Gasteiger partial charge in [0.1, 0.15) is 0 Å². The van der Waals surface area contributed by atoms with Crippen molar-refractivity contribution in [1.29, 1.82) is 0 Å². The third-order valence-corrected chi connectivity index (χ3v) is 3.80. The minimum atomic E-state index is 0. The second-order valence-electron chi connectivity index (χ2n) is 4.75. The number of hydrogen-bond donors (Lipinski definition) is 1. The number of rotatable bonds is 2. The summed E-state index contributed by atoms with van der Waals surface area (Å²) in [6, 6.07) is 7.19. The highest BCUT2D eigenvalue weighted by Crippen LogP contribution is 2.25. The Hall–Kier alpha value is -0.280. The first-order valence-electron chi connectivity index (χ1n) is 6.21. The van der Waals surface area contributed by atoms with E-state index in [1.165, 1.54) is 16.7 Å². The van der Waals surface area contributed by atoms with E-state index < -0.39 is 0 Å². The second kappa shape index (κ2) is 8.00. The molecule has 1 atom stereocenters. The van der Waals surface area contributed by atoms with Gasteiger partial charge in [-0.15, -0.1) is 24.8 Å². The fourth-order valence-corrected chi connectivity index (χ4v) is 2.49. The summed E-state index contributed by atoms with van der Waals surface area (Å²) >= 11 is 0. The molecule has 104 valence electrons. The zero-order chi connectivity index (χ0) is 11.5. The number of aryl methyl sites for hydroxylation is 1. The Morgan fingerprint density at radius 2 is 1.72 bits per heavy atom. The van der Waals surface area contributed by atoms with Crippen molar-refractivity contribution in [3.05, 3.63) is 34.9 Å². The average Bonchev–Trinajstić information content (AvgIpc) is 2.33. The van der Waals surface area contributed by atoms with Crippen LogP contribution in [0.5, 0.6) is 0 Å². The van der Waals surface area contributed by atoms with Crippen LogP contribution in [0.2, 0.25) is 0 Å². The molecule has 2 nitrogen and oxygen atoms in total. The number of nitrogens with zero attached hydrogens (tertiary/aromatic N) is 1. The van der Waals surface area contributed by atoms with Gasteiger partial charge in [0, 0.05) is 32.2 Å². The largest absolute Gasteiger partial charge is 0.314 e. The van der Waals surface area contributed by atoms with E-state index in [0.29, 0.717) is 6.04 Å². The Kier molecular flexibility index (Phi) is 7.88. The highest BCUT2D eigenvalue weighted by Gasteiger charge is 2.19. The van der Waals surface area contributed by atoms with Gasteiger partial charge in [-0.3, -0.25) is 4.90 Å². The molecule has 18 heavy (non-hydrogen) atoms. The van der Waals surface area contributed by atoms with E-state index in [0.717, 1.165) is 26.2 Å². The Balaban J connectivity index is 0.00000144. The molecule has 0 radical (unpaired) electrons. The van der Waals surface area contributed by atoms with Gasteiger partial charge in [0.05, 0.1) is 0 Å². The van der Waals surface area contributed by atoms with Gasteiger partial charge in [-0.2, -0.15) is 0 Å². The third kappa shape index (κ3) is 3.86. The molecule has 0 spiro atoms. The van der Waals surface area contributed by atoms with E-state index in [-0.39, 0.29) is 24.8 Å². The van der Waals surface area contributed by atoms with E-state index >= 15 is 0 Å². The van der Waals surface area contributed by atoms with E-state index in [9.17, 15) is 0 Å². The van der Waals surface area contributed by atoms with Crippen LogP contribution in [0.25, 0.3) is 0 Å². The summed E-state index contributed by atoms with van der Waals surface area (Å²) in [4.78, 5) is 2.57. The first-order valence-corrected chi connectivity index (χ1v) is 6.21. The maximum absolute atomic E-state index is 3.41. The lowest BCUT2D eigenvalue weighted by Crippen LogP contribution is -2.44. The van der Waals surface area contributed by atoms with Gasteiger partial charge >= 0.3 is 0 Å². The number of halogens is 2. The highest BCUT2D eigenvalue weighted by atomic mass is 35.5. The smallest absolute Gasteiger partial charge is 0.0323 e. The number of benzene rings is 1. The van der Waals surface area contributed by atoms with Crippen molar-refractivity contribution in [3.63, 3.8) is 0 Å². The third-order valence-electron chi connectivity index (χ3n) is 3.80. The lowest BCUT2D eigenvalue weighted by Gasteiger charge is -2.34. The Labute approximate surface area is 123 Å². The molecule has 0 unspecified atom stereocenters. The molecule has 0 aromatic heterocycles. The molecule has 1 heterocycles. The highest BCUT2D eigenvalue weighted by molar-refractivity contribution is 5.85. The van der Waals surface area contributed by atoms with Crippen LogP contribution in [0.4, 0.5) is 0 Å². The topological polar surface area (TPSA) is 15.3 Å². The summed E-state index contributed by atoms with van der Waals surface area (Å²) < 4.78 is 0. The molecule has 0 saturated carbocycles. The molecule has 1 N–H and O–H groups in total. The standard InChI is InChI=1S/C14H22N2.2ClH/c1-11-5-4-6-14(12(11)2)13(3)16-9-7-15-8-10-16;;/h4-6,13,15H,7-10H2,1-3H3;2*1H/t13-;;/m0../s1. The Morgan fingerprint density at radius 3 is 2.33 bits per heavy atom. The van der Waals surface area contributed by atoms with E-state index in [2.05, 4.69) is 49.2 Å². The molecule has 4 heteroatoms. The normalized spacial score (nSPS) is 17.5. The molecule has 0 aliphatic carbocycles. The first-order chi connectivity index (χ1) is 7.70. The molecule has 1 aromatic carbocycles. The summed E-state index contributed by atoms with van der Waals surface area (Å²) in [5.41, 5.74) is 4.34. The predicted octanol–water partition coefficient (Wildman–Crippen LogP) is 3.11. The molecular weight excluding hydrogens is 267 g/mol. The molecule has 0 bridgehead atoms. The van der Waals surface area contributed by atoms with Gasteiger partial charge < -0.3 is 5.32 Å². The van der Waals surface area contributed by atoms with Crippen molar-refractivity contribution in [2.75, 3.05) is 26.2 Å². The summed E-state index contributed by atoms with van der Waals surface area (Å²) in [7, 11) is 0. The van der Waals surface area contributed by atoms with Crippen LogP contribution in [0.15, 0.2) is 18.2 Å². The van der Waals surface area contributed by atoms with Gasteiger partial charge in [-0.05, 0) is 37.5 Å². The van der Waals surface area contributed by atoms with Gasteiger partial charge in [0.25, 0.3) is 0 Å². The lowest BCUT2D eigenvalue weighted by atomic mass is 9.97. The zero-order valence-corrected chi connectivity index (χ0v) is 13.0. The first kappa shape index (κ1) is 17.7. The average molecular weight is 291 g/mol. The van der Waals surface area contributed by atoms with Crippen LogP contribution in [0.3, 0.4) is 0 Å². The number of hydrogen-bond acceptors (Lipinski definition) is 2. The molecule has 2 rings (SSSR count). The molecular formula is C14H24Cl2N2. The van der Waals surface area contributed by atoms with Crippen LogP contribution >= 0.6 is 24.8 Å². The van der Waals surface area contributed by atoms with Crippen LogP contribution < -0.4 is 5.32 Å². The summed E-state index contributed by atoms with van der Waals surface area (Å²) in [6.07, 6.45) is 0. The second-order valence-corrected chi connectivity index (χ2v) is 4.75. The summed E-state index contributed by atoms with van der Waals surface area (Å²) in [5.74, 6) is 0. The zero-order valence-electron chi connectivity index (χ0n) is 11.4. The number of nitrogens with one attached hydrogen (secondary N) is 1. The van der Waals surface area contributed by atoms with Crippen LogP contribution in [-0.2, 0) is 0 Å². The Morgan fingerprint density at radius 1 is 1.11 bits per heavy atom. The maximum Gasteiger partial charge on any atom is 0.0323 e. The van der Waals surface area contributed by atoms with E-state index in [1.807, 2.05) is 0 Å². The molecule has 1 fully saturated rings. The molecule has 1 saturated heterocycles. The van der Waals surface area contributed by atoms with Crippen LogP contribution in [0, 0.1) is 13.8 Å². The Bertz CT molecular complexity index is 363. The quantitative estimate of drug-likeness (QED) is 0.900. The SMILES string of the molecule is Cc1cccc([C@H](C)N2CCNCC2)c1C.Cl.Cl. The minimum absolute atomic E-state index is 0. The summed E-state index contributed by atoms with van der Waals surface area (Å²) in [5, 5.41) is 3.41. The summed E-state index contributed by atoms with van der Waals surface area (Å²) in [6.45, 7) is 11.3. The van der Waals surface area contributed by atoms with Crippen molar-refractivity contribution in [2.24, 2.45) is 0 Å². The molecule has 1 aliphatic heterocycles. The van der Waals surface area contributed by atoms with Crippen molar-refractivity contribution >= 4 is 24.8 Å². The van der Waals surface area contributed by atoms with Crippen molar-refractivity contribution in [3.8, 4) is 0 Å².